The first-order valence-corrected chi connectivity index (χ1v) is 6.18. The molecule has 1 aromatic heterocycles. The molecule has 0 aliphatic carbocycles. The third kappa shape index (κ3) is 3.09. The van der Waals surface area contributed by atoms with Gasteiger partial charge >= 0.3 is 0 Å². The number of carbonyl (C=O) groups is 1. The first-order valence-electron chi connectivity index (χ1n) is 6.18. The molecule has 1 atom stereocenters. The van der Waals surface area contributed by atoms with Gasteiger partial charge in [-0.25, -0.2) is 4.39 Å². The van der Waals surface area contributed by atoms with E-state index in [4.69, 9.17) is 5.73 Å². The molecule has 0 bridgehead atoms. The molecule has 19 heavy (non-hydrogen) atoms. The Morgan fingerprint density at radius 3 is 2.53 bits per heavy atom. The minimum Gasteiger partial charge on any atom is -0.354 e. The molecule has 0 fully saturated rings. The number of ketones is 1. The Hall–Kier alpha value is -1.94. The van der Waals surface area contributed by atoms with Gasteiger partial charge in [-0.15, -0.1) is 0 Å². The van der Waals surface area contributed by atoms with Crippen molar-refractivity contribution in [3.05, 3.63) is 59.2 Å². The molecule has 3 nitrogen and oxygen atoms in total. The van der Waals surface area contributed by atoms with Crippen molar-refractivity contribution in [3.8, 4) is 0 Å². The van der Waals surface area contributed by atoms with Gasteiger partial charge in [0, 0.05) is 42.5 Å². The largest absolute Gasteiger partial charge is 0.354 e. The number of rotatable bonds is 4. The van der Waals surface area contributed by atoms with Gasteiger partial charge in [0.1, 0.15) is 5.82 Å². The van der Waals surface area contributed by atoms with Gasteiger partial charge in [-0.05, 0) is 37.3 Å². The van der Waals surface area contributed by atoms with Crippen LogP contribution in [-0.2, 0) is 13.5 Å². The minimum atomic E-state index is -0.345. The van der Waals surface area contributed by atoms with E-state index in [2.05, 4.69) is 0 Å². The summed E-state index contributed by atoms with van der Waals surface area (Å²) in [5.74, 6) is -0.450. The van der Waals surface area contributed by atoms with Gasteiger partial charge in [0.05, 0.1) is 0 Å². The van der Waals surface area contributed by atoms with Crippen LogP contribution in [0.4, 0.5) is 4.39 Å². The molecule has 1 aromatic carbocycles. The van der Waals surface area contributed by atoms with E-state index < -0.39 is 0 Å². The van der Waals surface area contributed by atoms with Crippen molar-refractivity contribution in [2.24, 2.45) is 12.8 Å². The number of hydrogen-bond donors (Lipinski definition) is 1. The first-order chi connectivity index (χ1) is 8.97. The third-order valence-electron chi connectivity index (χ3n) is 3.01. The van der Waals surface area contributed by atoms with E-state index in [-0.39, 0.29) is 17.6 Å². The van der Waals surface area contributed by atoms with Crippen LogP contribution in [0.1, 0.15) is 28.5 Å². The van der Waals surface area contributed by atoms with Crippen molar-refractivity contribution >= 4 is 5.78 Å². The molecule has 2 aromatic rings. The topological polar surface area (TPSA) is 48.0 Å². The lowest BCUT2D eigenvalue weighted by molar-refractivity contribution is 0.103. The molecule has 0 saturated carbocycles. The SMILES string of the molecule is CC(N)Cc1cc(C(=O)c2ccc(F)cc2)cn1C. The van der Waals surface area contributed by atoms with Gasteiger partial charge in [-0.3, -0.25) is 4.79 Å². The Bertz CT molecular complexity index is 585. The van der Waals surface area contributed by atoms with E-state index in [1.54, 1.807) is 6.20 Å². The fourth-order valence-corrected chi connectivity index (χ4v) is 2.04. The standard InChI is InChI=1S/C15H17FN2O/c1-10(17)7-14-8-12(9-18(14)2)15(19)11-3-5-13(16)6-4-11/h3-6,8-10H,7,17H2,1-2H3. The molecule has 100 valence electrons. The Morgan fingerprint density at radius 2 is 1.95 bits per heavy atom. The number of nitrogens with zero attached hydrogens (tertiary/aromatic N) is 1. The molecule has 2 rings (SSSR count). The summed E-state index contributed by atoms with van der Waals surface area (Å²) in [5, 5.41) is 0. The molecule has 2 N–H and O–H groups in total. The van der Waals surface area contributed by atoms with E-state index in [0.29, 0.717) is 17.5 Å². The van der Waals surface area contributed by atoms with Crippen LogP contribution in [0.15, 0.2) is 36.5 Å². The first kappa shape index (κ1) is 13.5. The van der Waals surface area contributed by atoms with Crippen molar-refractivity contribution in [1.82, 2.24) is 4.57 Å². The summed E-state index contributed by atoms with van der Waals surface area (Å²) in [6.45, 7) is 1.93. The number of halogens is 1. The summed E-state index contributed by atoms with van der Waals surface area (Å²) in [4.78, 5) is 12.2. The van der Waals surface area contributed by atoms with Gasteiger partial charge in [0.2, 0.25) is 0 Å². The average Bonchev–Trinajstić information content (AvgIpc) is 2.70. The summed E-state index contributed by atoms with van der Waals surface area (Å²) < 4.78 is 14.7. The van der Waals surface area contributed by atoms with Crippen LogP contribution in [0.25, 0.3) is 0 Å². The highest BCUT2D eigenvalue weighted by Crippen LogP contribution is 2.14. The molecule has 0 saturated heterocycles. The number of aryl methyl sites for hydroxylation is 1. The lowest BCUT2D eigenvalue weighted by atomic mass is 10.1. The zero-order chi connectivity index (χ0) is 14.0. The van der Waals surface area contributed by atoms with Crippen LogP contribution in [0, 0.1) is 5.82 Å². The molecule has 1 heterocycles. The highest BCUT2D eigenvalue weighted by atomic mass is 19.1. The predicted molar refractivity (Wildman–Crippen MR) is 72.6 cm³/mol. The summed E-state index contributed by atoms with van der Waals surface area (Å²) in [6, 6.07) is 7.46. The highest BCUT2D eigenvalue weighted by molar-refractivity contribution is 6.09. The summed E-state index contributed by atoms with van der Waals surface area (Å²) >= 11 is 0. The summed E-state index contributed by atoms with van der Waals surface area (Å²) in [5.41, 5.74) is 7.87. The quantitative estimate of drug-likeness (QED) is 0.857. The van der Waals surface area contributed by atoms with E-state index in [1.807, 2.05) is 24.6 Å². The molecular weight excluding hydrogens is 243 g/mol. The van der Waals surface area contributed by atoms with Gasteiger partial charge in [-0.1, -0.05) is 0 Å². The lowest BCUT2D eigenvalue weighted by Gasteiger charge is -2.05. The molecule has 0 radical (unpaired) electrons. The van der Waals surface area contributed by atoms with Crippen molar-refractivity contribution in [2.45, 2.75) is 19.4 Å². The molecule has 0 spiro atoms. The van der Waals surface area contributed by atoms with Crippen LogP contribution >= 0.6 is 0 Å². The normalized spacial score (nSPS) is 12.4. The van der Waals surface area contributed by atoms with E-state index in [0.717, 1.165) is 5.69 Å². The van der Waals surface area contributed by atoms with Gasteiger partial charge in [-0.2, -0.15) is 0 Å². The fraction of sp³-hybridized carbons (Fsp3) is 0.267. The van der Waals surface area contributed by atoms with Crippen LogP contribution in [0.5, 0.6) is 0 Å². The predicted octanol–water partition coefficient (Wildman–Crippen LogP) is 2.28. The van der Waals surface area contributed by atoms with Gasteiger partial charge in [0.15, 0.2) is 5.78 Å². The highest BCUT2D eigenvalue weighted by Gasteiger charge is 2.13. The van der Waals surface area contributed by atoms with E-state index >= 15 is 0 Å². The van der Waals surface area contributed by atoms with Crippen molar-refractivity contribution in [2.75, 3.05) is 0 Å². The maximum absolute atomic E-state index is 12.8. The smallest absolute Gasteiger partial charge is 0.194 e. The molecule has 4 heteroatoms. The third-order valence-corrected chi connectivity index (χ3v) is 3.01. The second kappa shape index (κ2) is 5.36. The minimum absolute atomic E-state index is 0.0439. The van der Waals surface area contributed by atoms with Crippen LogP contribution in [0.3, 0.4) is 0 Å². The molecule has 0 aliphatic heterocycles. The molecule has 0 amide bonds. The second-order valence-electron chi connectivity index (χ2n) is 4.85. The lowest BCUT2D eigenvalue weighted by Crippen LogP contribution is -2.19. The Kier molecular flexibility index (Phi) is 3.81. The van der Waals surface area contributed by atoms with Crippen LogP contribution in [-0.4, -0.2) is 16.4 Å². The fourth-order valence-electron chi connectivity index (χ4n) is 2.04. The Morgan fingerprint density at radius 1 is 1.32 bits per heavy atom. The number of aromatic nitrogens is 1. The van der Waals surface area contributed by atoms with E-state index in [9.17, 15) is 9.18 Å². The Labute approximate surface area is 111 Å². The van der Waals surface area contributed by atoms with Gasteiger partial charge in [0.25, 0.3) is 0 Å². The zero-order valence-electron chi connectivity index (χ0n) is 11.1. The summed E-state index contributed by atoms with van der Waals surface area (Å²) in [7, 11) is 1.89. The average molecular weight is 260 g/mol. The Balaban J connectivity index is 2.27. The molecule has 1 unspecified atom stereocenters. The summed E-state index contributed by atoms with van der Waals surface area (Å²) in [6.07, 6.45) is 2.50. The van der Waals surface area contributed by atoms with Crippen molar-refractivity contribution < 1.29 is 9.18 Å². The zero-order valence-corrected chi connectivity index (χ0v) is 11.1. The van der Waals surface area contributed by atoms with Gasteiger partial charge < -0.3 is 10.3 Å². The van der Waals surface area contributed by atoms with Crippen molar-refractivity contribution in [1.29, 1.82) is 0 Å². The number of nitrogens with two attached hydrogens (primary N) is 1. The molecule has 0 aliphatic rings. The van der Waals surface area contributed by atoms with E-state index in [1.165, 1.54) is 24.3 Å². The van der Waals surface area contributed by atoms with Crippen LogP contribution < -0.4 is 5.73 Å². The van der Waals surface area contributed by atoms with Crippen LogP contribution in [0.2, 0.25) is 0 Å². The second-order valence-corrected chi connectivity index (χ2v) is 4.85. The maximum atomic E-state index is 12.8. The number of hydrogen-bond acceptors (Lipinski definition) is 2. The molecular formula is C15H17FN2O. The monoisotopic (exact) mass is 260 g/mol. The number of benzene rings is 1. The maximum Gasteiger partial charge on any atom is 0.194 e. The number of carbonyl (C=O) groups excluding carboxylic acids is 1. The van der Waals surface area contributed by atoms with Crippen molar-refractivity contribution in [3.63, 3.8) is 0 Å².